The molecule has 35 heavy (non-hydrogen) atoms. The molecule has 1 N–H and O–H groups in total. The molecule has 1 unspecified atom stereocenters. The Bertz CT molecular complexity index is 1310. The lowest BCUT2D eigenvalue weighted by Crippen LogP contribution is -2.41. The van der Waals surface area contributed by atoms with Gasteiger partial charge in [0.1, 0.15) is 11.3 Å². The number of halogens is 2. The normalized spacial score (nSPS) is 16.8. The Morgan fingerprint density at radius 2 is 1.89 bits per heavy atom. The summed E-state index contributed by atoms with van der Waals surface area (Å²) in [5, 5.41) is 9.77. The Hall–Kier alpha value is -3.29. The second-order valence-corrected chi connectivity index (χ2v) is 8.97. The lowest BCUT2D eigenvalue weighted by Gasteiger charge is -2.34. The molecule has 5 rings (SSSR count). The van der Waals surface area contributed by atoms with Gasteiger partial charge in [-0.2, -0.15) is 8.78 Å². The highest BCUT2D eigenvalue weighted by molar-refractivity contribution is 5.81. The maximum absolute atomic E-state index is 13.2. The fourth-order valence-electron chi connectivity index (χ4n) is 4.93. The first-order valence-electron chi connectivity index (χ1n) is 11.9. The number of oxazole rings is 1. The van der Waals surface area contributed by atoms with Gasteiger partial charge in [0.15, 0.2) is 5.58 Å². The Morgan fingerprint density at radius 3 is 2.66 bits per heavy atom. The highest BCUT2D eigenvalue weighted by atomic mass is 19.3. The van der Waals surface area contributed by atoms with Gasteiger partial charge in [-0.3, -0.25) is 4.90 Å². The molecule has 0 radical (unpaired) electrons. The van der Waals surface area contributed by atoms with Crippen LogP contribution in [-0.2, 0) is 6.54 Å². The number of aliphatic hydroxyl groups is 1. The lowest BCUT2D eigenvalue weighted by atomic mass is 9.96. The van der Waals surface area contributed by atoms with Crippen LogP contribution < -0.4 is 4.74 Å². The van der Waals surface area contributed by atoms with Gasteiger partial charge in [0.2, 0.25) is 5.89 Å². The molecule has 182 valence electrons. The molecule has 0 aliphatic carbocycles. The van der Waals surface area contributed by atoms with Crippen molar-refractivity contribution in [1.29, 1.82) is 0 Å². The molecule has 1 aromatic heterocycles. The SMILES string of the molecule is Cc1c(-c2ccccc2)cccc1-c1nc2cc(CN3CCCCC3CO)c(OC(F)F)cc2o1. The summed E-state index contributed by atoms with van der Waals surface area (Å²) in [5.41, 5.74) is 5.61. The molecule has 0 amide bonds. The van der Waals surface area contributed by atoms with Crippen molar-refractivity contribution in [2.75, 3.05) is 13.2 Å². The molecule has 4 aromatic rings. The van der Waals surface area contributed by atoms with E-state index in [1.54, 1.807) is 6.07 Å². The fourth-order valence-corrected chi connectivity index (χ4v) is 4.93. The van der Waals surface area contributed by atoms with Gasteiger partial charge in [0.25, 0.3) is 0 Å². The number of nitrogens with zero attached hydrogens (tertiary/aromatic N) is 2. The number of likely N-dealkylation sites (tertiary alicyclic amines) is 1. The van der Waals surface area contributed by atoms with Crippen LogP contribution in [0.15, 0.2) is 65.1 Å². The molecule has 7 heteroatoms. The van der Waals surface area contributed by atoms with Crippen LogP contribution in [0.2, 0.25) is 0 Å². The molecule has 3 aromatic carbocycles. The Balaban J connectivity index is 1.54. The van der Waals surface area contributed by atoms with Crippen molar-refractivity contribution in [3.63, 3.8) is 0 Å². The van der Waals surface area contributed by atoms with Gasteiger partial charge in [-0.05, 0) is 55.1 Å². The minimum Gasteiger partial charge on any atom is -0.436 e. The molecule has 2 heterocycles. The average molecular weight is 479 g/mol. The molecule has 1 saturated heterocycles. The van der Waals surface area contributed by atoms with Crippen LogP contribution in [-0.4, -0.2) is 40.8 Å². The van der Waals surface area contributed by atoms with Gasteiger partial charge in [0, 0.05) is 29.8 Å². The van der Waals surface area contributed by atoms with Crippen LogP contribution in [0.1, 0.15) is 30.4 Å². The van der Waals surface area contributed by atoms with E-state index in [4.69, 9.17) is 14.1 Å². The second kappa shape index (κ2) is 10.1. The monoisotopic (exact) mass is 478 g/mol. The van der Waals surface area contributed by atoms with E-state index < -0.39 is 6.61 Å². The predicted molar refractivity (Wildman–Crippen MR) is 131 cm³/mol. The van der Waals surface area contributed by atoms with Crippen LogP contribution in [0.5, 0.6) is 5.75 Å². The highest BCUT2D eigenvalue weighted by Crippen LogP contribution is 2.36. The third-order valence-corrected chi connectivity index (χ3v) is 6.77. The molecule has 0 bridgehead atoms. The minimum absolute atomic E-state index is 0.00935. The number of fused-ring (bicyclic) bond motifs is 1. The lowest BCUT2D eigenvalue weighted by molar-refractivity contribution is -0.0510. The van der Waals surface area contributed by atoms with E-state index in [9.17, 15) is 13.9 Å². The average Bonchev–Trinajstić information content (AvgIpc) is 3.27. The second-order valence-electron chi connectivity index (χ2n) is 8.97. The van der Waals surface area contributed by atoms with E-state index in [-0.39, 0.29) is 18.4 Å². The van der Waals surface area contributed by atoms with Gasteiger partial charge >= 0.3 is 6.61 Å². The summed E-state index contributed by atoms with van der Waals surface area (Å²) in [6, 6.07) is 19.3. The van der Waals surface area contributed by atoms with Crippen molar-refractivity contribution >= 4 is 11.1 Å². The summed E-state index contributed by atoms with van der Waals surface area (Å²) in [6.45, 7) is 0.307. The van der Waals surface area contributed by atoms with Crippen molar-refractivity contribution in [1.82, 2.24) is 9.88 Å². The smallest absolute Gasteiger partial charge is 0.387 e. The molecule has 0 spiro atoms. The van der Waals surface area contributed by atoms with Crippen molar-refractivity contribution in [2.24, 2.45) is 0 Å². The predicted octanol–water partition coefficient (Wildman–Crippen LogP) is 6.42. The Kier molecular flexibility index (Phi) is 6.79. The third-order valence-electron chi connectivity index (χ3n) is 6.77. The number of aromatic nitrogens is 1. The number of aliphatic hydroxyl groups excluding tert-OH is 1. The van der Waals surface area contributed by atoms with Crippen molar-refractivity contribution in [3.05, 3.63) is 71.8 Å². The summed E-state index contributed by atoms with van der Waals surface area (Å²) in [6.07, 6.45) is 2.94. The minimum atomic E-state index is -2.95. The summed E-state index contributed by atoms with van der Waals surface area (Å²) in [4.78, 5) is 6.84. The number of alkyl halides is 2. The summed E-state index contributed by atoms with van der Waals surface area (Å²) >= 11 is 0. The molecular formula is C28H28F2N2O3. The third kappa shape index (κ3) is 4.92. The van der Waals surface area contributed by atoms with Crippen molar-refractivity contribution in [2.45, 2.75) is 45.4 Å². The zero-order chi connectivity index (χ0) is 24.4. The van der Waals surface area contributed by atoms with Crippen LogP contribution >= 0.6 is 0 Å². The number of rotatable bonds is 7. The highest BCUT2D eigenvalue weighted by Gasteiger charge is 2.24. The fraction of sp³-hybridized carbons (Fsp3) is 0.321. The van der Waals surface area contributed by atoms with Crippen molar-refractivity contribution < 1.29 is 23.0 Å². The van der Waals surface area contributed by atoms with Crippen LogP contribution in [0.3, 0.4) is 0 Å². The molecule has 1 atom stereocenters. The van der Waals surface area contributed by atoms with E-state index >= 15 is 0 Å². The standard InChI is InChI=1S/C28H28F2N2O3/c1-18-22(19-8-3-2-4-9-19)11-7-12-23(18)27-31-24-14-20(16-32-13-6-5-10-21(32)17-33)25(35-28(29)30)15-26(24)34-27/h2-4,7-9,11-12,14-15,21,28,33H,5-6,10,13,16-17H2,1H3. The van der Waals surface area contributed by atoms with E-state index in [1.807, 2.05) is 37.3 Å². The maximum atomic E-state index is 13.2. The van der Waals surface area contributed by atoms with E-state index in [0.29, 0.717) is 29.1 Å². The largest absolute Gasteiger partial charge is 0.436 e. The number of benzene rings is 3. The molecule has 5 nitrogen and oxygen atoms in total. The Labute approximate surface area is 203 Å². The first-order chi connectivity index (χ1) is 17.0. The summed E-state index contributed by atoms with van der Waals surface area (Å²) in [5.74, 6) is 0.508. The molecule has 1 fully saturated rings. The zero-order valence-corrected chi connectivity index (χ0v) is 19.6. The zero-order valence-electron chi connectivity index (χ0n) is 19.6. The van der Waals surface area contributed by atoms with Crippen molar-refractivity contribution in [3.8, 4) is 28.3 Å². The number of hydrogen-bond donors (Lipinski definition) is 1. The van der Waals surface area contributed by atoms with Crippen LogP contribution in [0.4, 0.5) is 8.78 Å². The topological polar surface area (TPSA) is 58.7 Å². The van der Waals surface area contributed by atoms with Crippen LogP contribution in [0.25, 0.3) is 33.7 Å². The first-order valence-corrected chi connectivity index (χ1v) is 11.9. The first kappa shape index (κ1) is 23.5. The molecular weight excluding hydrogens is 450 g/mol. The summed E-state index contributed by atoms with van der Waals surface area (Å²) < 4.78 is 37.4. The Morgan fingerprint density at radius 1 is 1.09 bits per heavy atom. The molecule has 1 aliphatic heterocycles. The van der Waals surface area contributed by atoms with Crippen LogP contribution in [0, 0.1) is 6.92 Å². The number of piperidine rings is 1. The van der Waals surface area contributed by atoms with Gasteiger partial charge in [-0.1, -0.05) is 48.9 Å². The number of ether oxygens (including phenoxy) is 1. The van der Waals surface area contributed by atoms with Gasteiger partial charge in [-0.15, -0.1) is 0 Å². The van der Waals surface area contributed by atoms with E-state index in [0.717, 1.165) is 48.1 Å². The van der Waals surface area contributed by atoms with Gasteiger partial charge in [-0.25, -0.2) is 4.98 Å². The molecule has 1 aliphatic rings. The van der Waals surface area contributed by atoms with Gasteiger partial charge in [0.05, 0.1) is 6.61 Å². The summed E-state index contributed by atoms with van der Waals surface area (Å²) in [7, 11) is 0. The molecule has 0 saturated carbocycles. The maximum Gasteiger partial charge on any atom is 0.387 e. The number of hydrogen-bond acceptors (Lipinski definition) is 5. The van der Waals surface area contributed by atoms with Gasteiger partial charge < -0.3 is 14.3 Å². The van der Waals surface area contributed by atoms with E-state index in [2.05, 4.69) is 23.1 Å². The van der Waals surface area contributed by atoms with E-state index in [1.165, 1.54) is 6.07 Å². The quantitative estimate of drug-likeness (QED) is 0.332.